The molecule has 3 rings (SSSR count). The minimum Gasteiger partial charge on any atom is -0.494 e. The van der Waals surface area contributed by atoms with Gasteiger partial charge in [-0.15, -0.1) is 0 Å². The molecule has 0 spiro atoms. The Balaban J connectivity index is 2.02. The maximum Gasteiger partial charge on any atom is 0.161 e. The van der Waals surface area contributed by atoms with Crippen LogP contribution in [-0.2, 0) is 0 Å². The first kappa shape index (κ1) is 17.9. The third-order valence-corrected chi connectivity index (χ3v) is 4.69. The lowest BCUT2D eigenvalue weighted by molar-refractivity contribution is 0.340. The van der Waals surface area contributed by atoms with E-state index in [9.17, 15) is 0 Å². The number of hydrogen-bond acceptors (Lipinski definition) is 3. The van der Waals surface area contributed by atoms with Gasteiger partial charge in [-0.25, -0.2) is 0 Å². The minimum atomic E-state index is 0.670. The lowest BCUT2D eigenvalue weighted by atomic mass is 10.0. The van der Waals surface area contributed by atoms with Gasteiger partial charge in [-0.1, -0.05) is 0 Å². The lowest BCUT2D eigenvalue weighted by Gasteiger charge is -2.09. The molecule has 26 heavy (non-hydrogen) atoms. The molecule has 0 aliphatic carbocycles. The van der Waals surface area contributed by atoms with Crippen molar-refractivity contribution in [2.75, 3.05) is 20.8 Å². The molecule has 0 amide bonds. The Hall–Kier alpha value is -2.88. The maximum atomic E-state index is 5.54. The van der Waals surface area contributed by atoms with E-state index in [1.165, 1.54) is 11.1 Å². The highest BCUT2D eigenvalue weighted by molar-refractivity contribution is 5.76. The van der Waals surface area contributed by atoms with Gasteiger partial charge in [-0.05, 0) is 79.9 Å². The topological polar surface area (TPSA) is 43.5 Å². The molecule has 0 bridgehead atoms. The van der Waals surface area contributed by atoms with Crippen LogP contribution < -0.4 is 14.2 Å². The molecule has 3 aromatic rings. The molecule has 4 nitrogen and oxygen atoms in total. The van der Waals surface area contributed by atoms with Gasteiger partial charge < -0.3 is 19.2 Å². The largest absolute Gasteiger partial charge is 0.494 e. The van der Waals surface area contributed by atoms with Crippen molar-refractivity contribution >= 4 is 0 Å². The summed E-state index contributed by atoms with van der Waals surface area (Å²) in [4.78, 5) is 3.59. The molecule has 1 heterocycles. The Kier molecular flexibility index (Phi) is 5.21. The average Bonchev–Trinajstić information content (AvgIpc) is 2.97. The summed E-state index contributed by atoms with van der Waals surface area (Å²) in [6, 6.07) is 14.2. The number of hydrogen-bond donors (Lipinski definition) is 1. The zero-order chi connectivity index (χ0) is 18.7. The average molecular weight is 351 g/mol. The van der Waals surface area contributed by atoms with Crippen molar-refractivity contribution in [3.8, 4) is 39.8 Å². The Bertz CT molecular complexity index is 894. The first-order chi connectivity index (χ1) is 12.6. The zero-order valence-electron chi connectivity index (χ0n) is 16.0. The van der Waals surface area contributed by atoms with Crippen molar-refractivity contribution in [3.63, 3.8) is 0 Å². The van der Waals surface area contributed by atoms with E-state index in [1.807, 2.05) is 37.3 Å². The smallest absolute Gasteiger partial charge is 0.161 e. The fraction of sp³-hybridized carbons (Fsp3) is 0.273. The molecule has 2 aromatic carbocycles. The second kappa shape index (κ2) is 7.56. The van der Waals surface area contributed by atoms with Crippen molar-refractivity contribution in [2.24, 2.45) is 0 Å². The fourth-order valence-corrected chi connectivity index (χ4v) is 3.14. The van der Waals surface area contributed by atoms with Gasteiger partial charge in [0.2, 0.25) is 0 Å². The monoisotopic (exact) mass is 351 g/mol. The van der Waals surface area contributed by atoms with Crippen LogP contribution in [0, 0.1) is 13.8 Å². The molecule has 0 saturated heterocycles. The Morgan fingerprint density at radius 1 is 0.769 bits per heavy atom. The van der Waals surface area contributed by atoms with Gasteiger partial charge in [0.25, 0.3) is 0 Å². The van der Waals surface area contributed by atoms with Crippen molar-refractivity contribution in [1.29, 1.82) is 0 Å². The van der Waals surface area contributed by atoms with Crippen LogP contribution in [0.25, 0.3) is 22.5 Å². The number of rotatable bonds is 6. The summed E-state index contributed by atoms with van der Waals surface area (Å²) in [5, 5.41) is 0. The Morgan fingerprint density at radius 2 is 1.35 bits per heavy atom. The van der Waals surface area contributed by atoms with E-state index < -0.39 is 0 Å². The molecule has 0 aliphatic rings. The van der Waals surface area contributed by atoms with E-state index in [4.69, 9.17) is 14.2 Å². The van der Waals surface area contributed by atoms with E-state index in [0.717, 1.165) is 39.8 Å². The highest BCUT2D eigenvalue weighted by Crippen LogP contribution is 2.37. The first-order valence-electron chi connectivity index (χ1n) is 8.73. The van der Waals surface area contributed by atoms with Crippen LogP contribution in [0.5, 0.6) is 17.2 Å². The van der Waals surface area contributed by atoms with Crippen LogP contribution in [0.2, 0.25) is 0 Å². The van der Waals surface area contributed by atoms with Crippen LogP contribution in [0.1, 0.15) is 18.1 Å². The van der Waals surface area contributed by atoms with Crippen LogP contribution in [0.15, 0.2) is 42.5 Å². The highest BCUT2D eigenvalue weighted by Gasteiger charge is 2.15. The second-order valence-corrected chi connectivity index (χ2v) is 6.15. The first-order valence-corrected chi connectivity index (χ1v) is 8.73. The molecule has 0 fully saturated rings. The van der Waals surface area contributed by atoms with Gasteiger partial charge in [-0.2, -0.15) is 0 Å². The predicted molar refractivity (Wildman–Crippen MR) is 105 cm³/mol. The molecule has 1 aromatic heterocycles. The third kappa shape index (κ3) is 3.27. The van der Waals surface area contributed by atoms with Gasteiger partial charge >= 0.3 is 0 Å². The van der Waals surface area contributed by atoms with Crippen LogP contribution in [-0.4, -0.2) is 25.8 Å². The van der Waals surface area contributed by atoms with Crippen molar-refractivity contribution in [3.05, 3.63) is 53.6 Å². The molecule has 0 atom stereocenters. The van der Waals surface area contributed by atoms with Gasteiger partial charge in [0.1, 0.15) is 5.75 Å². The Labute approximate surface area is 154 Å². The summed E-state index contributed by atoms with van der Waals surface area (Å²) in [5.41, 5.74) is 6.88. The highest BCUT2D eigenvalue weighted by atomic mass is 16.5. The molecule has 4 heteroatoms. The normalized spacial score (nSPS) is 10.7. The van der Waals surface area contributed by atoms with Crippen LogP contribution in [0.3, 0.4) is 0 Å². The van der Waals surface area contributed by atoms with Gasteiger partial charge in [0, 0.05) is 17.0 Å². The van der Waals surface area contributed by atoms with Gasteiger partial charge in [0.15, 0.2) is 11.5 Å². The number of aromatic nitrogens is 1. The number of aromatic amines is 1. The molecule has 0 unspecified atom stereocenters. The summed E-state index contributed by atoms with van der Waals surface area (Å²) in [5.74, 6) is 2.33. The van der Waals surface area contributed by atoms with E-state index in [-0.39, 0.29) is 0 Å². The van der Waals surface area contributed by atoms with Crippen molar-refractivity contribution in [2.45, 2.75) is 20.8 Å². The molecule has 0 saturated carbocycles. The summed E-state index contributed by atoms with van der Waals surface area (Å²) in [6.07, 6.45) is 0. The van der Waals surface area contributed by atoms with Crippen molar-refractivity contribution in [1.82, 2.24) is 4.98 Å². The number of methoxy groups -OCH3 is 2. The number of H-pyrrole nitrogens is 1. The minimum absolute atomic E-state index is 0.670. The third-order valence-electron chi connectivity index (χ3n) is 4.69. The summed E-state index contributed by atoms with van der Waals surface area (Å²) in [7, 11) is 3.30. The predicted octanol–water partition coefficient (Wildman–Crippen LogP) is 5.38. The molecular formula is C22H25NO3. The molecular weight excluding hydrogens is 326 g/mol. The fourth-order valence-electron chi connectivity index (χ4n) is 3.14. The SMILES string of the molecule is CCOc1ccc(-c2[nH]c(-c3ccc(OC)c(OC)c3)c(C)c2C)cc1. The molecule has 1 N–H and O–H groups in total. The maximum absolute atomic E-state index is 5.54. The summed E-state index contributed by atoms with van der Waals surface area (Å²) in [6.45, 7) is 6.93. The zero-order valence-corrected chi connectivity index (χ0v) is 16.0. The van der Waals surface area contributed by atoms with E-state index in [0.29, 0.717) is 6.61 Å². The molecule has 0 aliphatic heterocycles. The van der Waals surface area contributed by atoms with Gasteiger partial charge in [0.05, 0.1) is 20.8 Å². The summed E-state index contributed by atoms with van der Waals surface area (Å²) >= 11 is 0. The quantitative estimate of drug-likeness (QED) is 0.648. The number of ether oxygens (including phenoxy) is 3. The lowest BCUT2D eigenvalue weighted by Crippen LogP contribution is -1.91. The summed E-state index contributed by atoms with van der Waals surface area (Å²) < 4.78 is 16.3. The number of benzene rings is 2. The number of nitrogens with one attached hydrogen (secondary N) is 1. The second-order valence-electron chi connectivity index (χ2n) is 6.15. The molecule has 0 radical (unpaired) electrons. The van der Waals surface area contributed by atoms with Crippen LogP contribution in [0.4, 0.5) is 0 Å². The molecule has 136 valence electrons. The van der Waals surface area contributed by atoms with E-state index >= 15 is 0 Å². The van der Waals surface area contributed by atoms with E-state index in [2.05, 4.69) is 31.0 Å². The standard InChI is InChI=1S/C22H25NO3/c1-6-26-18-10-7-16(8-11-18)21-14(2)15(3)22(23-21)17-9-12-19(24-4)20(13-17)25-5/h7-13,23H,6H2,1-5H3. The Morgan fingerprint density at radius 3 is 1.92 bits per heavy atom. The van der Waals surface area contributed by atoms with Gasteiger partial charge in [-0.3, -0.25) is 0 Å². The van der Waals surface area contributed by atoms with Crippen LogP contribution >= 0.6 is 0 Å². The van der Waals surface area contributed by atoms with Crippen molar-refractivity contribution < 1.29 is 14.2 Å². The van der Waals surface area contributed by atoms with E-state index in [1.54, 1.807) is 14.2 Å².